The van der Waals surface area contributed by atoms with Gasteiger partial charge in [0.25, 0.3) is 5.91 Å². The summed E-state index contributed by atoms with van der Waals surface area (Å²) in [5.74, 6) is 5.61. The number of thioether (sulfide) groups is 1. The highest BCUT2D eigenvalue weighted by Crippen LogP contribution is 2.30. The first-order valence-corrected chi connectivity index (χ1v) is 7.18. The van der Waals surface area contributed by atoms with Gasteiger partial charge in [0.2, 0.25) is 0 Å². The lowest BCUT2D eigenvalue weighted by molar-refractivity contribution is 0.0953. The van der Waals surface area contributed by atoms with Gasteiger partial charge >= 0.3 is 0 Å². The Labute approximate surface area is 122 Å². The average molecular weight is 287 g/mol. The van der Waals surface area contributed by atoms with Crippen molar-refractivity contribution in [2.75, 3.05) is 5.73 Å². The standard InChI is InChI=1S/C15H17N3OS/c1-10-3-2-4-13(14(10)16)20-9-11-5-7-12(8-6-11)15(19)18-17/h2-8H,9,16-17H2,1H3,(H,18,19). The van der Waals surface area contributed by atoms with Crippen LogP contribution >= 0.6 is 11.8 Å². The molecule has 0 aromatic heterocycles. The average Bonchev–Trinajstić information content (AvgIpc) is 2.48. The van der Waals surface area contributed by atoms with Crippen LogP contribution in [-0.2, 0) is 5.75 Å². The Kier molecular flexibility index (Phi) is 4.65. The molecule has 0 aliphatic rings. The molecule has 0 aliphatic carbocycles. The molecule has 5 heteroatoms. The number of hydrogen-bond donors (Lipinski definition) is 3. The van der Waals surface area contributed by atoms with Crippen LogP contribution in [0.1, 0.15) is 21.5 Å². The van der Waals surface area contributed by atoms with E-state index >= 15 is 0 Å². The molecule has 0 aliphatic heterocycles. The van der Waals surface area contributed by atoms with Crippen LogP contribution in [0.5, 0.6) is 0 Å². The first-order valence-electron chi connectivity index (χ1n) is 6.19. The second kappa shape index (κ2) is 6.45. The highest BCUT2D eigenvalue weighted by Gasteiger charge is 2.05. The lowest BCUT2D eigenvalue weighted by atomic mass is 10.1. The van der Waals surface area contributed by atoms with Crippen molar-refractivity contribution in [3.63, 3.8) is 0 Å². The van der Waals surface area contributed by atoms with Gasteiger partial charge in [-0.3, -0.25) is 10.2 Å². The van der Waals surface area contributed by atoms with E-state index in [0.29, 0.717) is 5.56 Å². The number of hydrazine groups is 1. The zero-order chi connectivity index (χ0) is 14.5. The Hall–Kier alpha value is -1.98. The predicted octanol–water partition coefficient (Wildman–Crippen LogP) is 2.47. The maximum Gasteiger partial charge on any atom is 0.265 e. The molecular formula is C15H17N3OS. The number of aryl methyl sites for hydroxylation is 1. The molecule has 1 amide bonds. The van der Waals surface area contributed by atoms with Crippen molar-refractivity contribution in [1.82, 2.24) is 5.43 Å². The van der Waals surface area contributed by atoms with Crippen molar-refractivity contribution in [3.8, 4) is 0 Å². The number of benzene rings is 2. The van der Waals surface area contributed by atoms with Crippen molar-refractivity contribution < 1.29 is 4.79 Å². The molecule has 4 nitrogen and oxygen atoms in total. The van der Waals surface area contributed by atoms with Gasteiger partial charge < -0.3 is 5.73 Å². The summed E-state index contributed by atoms with van der Waals surface area (Å²) >= 11 is 1.68. The quantitative estimate of drug-likeness (QED) is 0.265. The second-order valence-electron chi connectivity index (χ2n) is 4.45. The van der Waals surface area contributed by atoms with Crippen molar-refractivity contribution in [1.29, 1.82) is 0 Å². The maximum absolute atomic E-state index is 11.3. The lowest BCUT2D eigenvalue weighted by Crippen LogP contribution is -2.29. The SMILES string of the molecule is Cc1cccc(SCc2ccc(C(=O)NN)cc2)c1N. The molecule has 0 saturated carbocycles. The molecule has 0 spiro atoms. The van der Waals surface area contributed by atoms with Crippen LogP contribution in [0.25, 0.3) is 0 Å². The molecule has 2 aromatic rings. The number of amides is 1. The van der Waals surface area contributed by atoms with Crippen molar-refractivity contribution in [2.45, 2.75) is 17.6 Å². The van der Waals surface area contributed by atoms with Crippen LogP contribution in [-0.4, -0.2) is 5.91 Å². The molecule has 0 unspecified atom stereocenters. The fourth-order valence-electron chi connectivity index (χ4n) is 1.78. The summed E-state index contributed by atoms with van der Waals surface area (Å²) in [5, 5.41) is 0. The summed E-state index contributed by atoms with van der Waals surface area (Å²) in [6, 6.07) is 13.4. The number of para-hydroxylation sites is 1. The minimum absolute atomic E-state index is 0.285. The number of carbonyl (C=O) groups excluding carboxylic acids is 1. The molecule has 104 valence electrons. The van der Waals surface area contributed by atoms with E-state index in [1.54, 1.807) is 23.9 Å². The second-order valence-corrected chi connectivity index (χ2v) is 5.46. The fourth-order valence-corrected chi connectivity index (χ4v) is 2.78. The smallest absolute Gasteiger partial charge is 0.265 e. The molecule has 0 radical (unpaired) electrons. The largest absolute Gasteiger partial charge is 0.398 e. The van der Waals surface area contributed by atoms with Gasteiger partial charge in [-0.05, 0) is 36.2 Å². The summed E-state index contributed by atoms with van der Waals surface area (Å²) in [4.78, 5) is 12.4. The molecule has 0 heterocycles. The monoisotopic (exact) mass is 287 g/mol. The fraction of sp³-hybridized carbons (Fsp3) is 0.133. The number of nitrogen functional groups attached to an aromatic ring is 2. The number of nitrogens with one attached hydrogen (secondary N) is 1. The zero-order valence-corrected chi connectivity index (χ0v) is 12.0. The summed E-state index contributed by atoms with van der Waals surface area (Å²) < 4.78 is 0. The van der Waals surface area contributed by atoms with Crippen LogP contribution < -0.4 is 17.0 Å². The van der Waals surface area contributed by atoms with E-state index in [4.69, 9.17) is 11.6 Å². The molecular weight excluding hydrogens is 270 g/mol. The third-order valence-corrected chi connectivity index (χ3v) is 4.17. The Bertz CT molecular complexity index is 611. The Morgan fingerprint density at radius 2 is 1.90 bits per heavy atom. The third kappa shape index (κ3) is 3.31. The van der Waals surface area contributed by atoms with Gasteiger partial charge in [0.15, 0.2) is 0 Å². The highest BCUT2D eigenvalue weighted by molar-refractivity contribution is 7.98. The van der Waals surface area contributed by atoms with Crippen molar-refractivity contribution >= 4 is 23.4 Å². The normalized spacial score (nSPS) is 10.3. The van der Waals surface area contributed by atoms with E-state index in [2.05, 4.69) is 5.43 Å². The topological polar surface area (TPSA) is 81.1 Å². The molecule has 2 rings (SSSR count). The molecule has 5 N–H and O–H groups in total. The predicted molar refractivity (Wildman–Crippen MR) is 83.2 cm³/mol. The van der Waals surface area contributed by atoms with E-state index in [1.807, 2.05) is 37.3 Å². The number of rotatable bonds is 4. The summed E-state index contributed by atoms with van der Waals surface area (Å²) in [7, 11) is 0. The van der Waals surface area contributed by atoms with Gasteiger partial charge in [-0.25, -0.2) is 5.84 Å². The number of carbonyl (C=O) groups is 1. The molecule has 0 atom stereocenters. The van der Waals surface area contributed by atoms with Gasteiger partial charge in [0.1, 0.15) is 0 Å². The van der Waals surface area contributed by atoms with Gasteiger partial charge in [-0.1, -0.05) is 24.3 Å². The van der Waals surface area contributed by atoms with Crippen LogP contribution in [0.2, 0.25) is 0 Å². The first-order chi connectivity index (χ1) is 9.61. The van der Waals surface area contributed by atoms with Gasteiger partial charge in [0.05, 0.1) is 0 Å². The minimum atomic E-state index is -0.285. The Morgan fingerprint density at radius 3 is 2.55 bits per heavy atom. The van der Waals surface area contributed by atoms with Crippen LogP contribution in [0.15, 0.2) is 47.4 Å². The summed E-state index contributed by atoms with van der Waals surface area (Å²) in [6.45, 7) is 2.00. The number of hydrogen-bond acceptors (Lipinski definition) is 4. The maximum atomic E-state index is 11.3. The van der Waals surface area contributed by atoms with Gasteiger partial charge in [0, 0.05) is 21.9 Å². The Morgan fingerprint density at radius 1 is 1.20 bits per heavy atom. The van der Waals surface area contributed by atoms with E-state index in [0.717, 1.165) is 27.5 Å². The molecule has 0 saturated heterocycles. The molecule has 0 fully saturated rings. The Balaban J connectivity index is 2.04. The van der Waals surface area contributed by atoms with Crippen LogP contribution in [0.4, 0.5) is 5.69 Å². The van der Waals surface area contributed by atoms with E-state index in [-0.39, 0.29) is 5.91 Å². The van der Waals surface area contributed by atoms with Gasteiger partial charge in [-0.15, -0.1) is 11.8 Å². The molecule has 2 aromatic carbocycles. The van der Waals surface area contributed by atoms with Crippen molar-refractivity contribution in [3.05, 3.63) is 59.2 Å². The highest BCUT2D eigenvalue weighted by atomic mass is 32.2. The first kappa shape index (κ1) is 14.4. The summed E-state index contributed by atoms with van der Waals surface area (Å²) in [6.07, 6.45) is 0. The van der Waals surface area contributed by atoms with Gasteiger partial charge in [-0.2, -0.15) is 0 Å². The van der Waals surface area contributed by atoms with Crippen LogP contribution in [0.3, 0.4) is 0 Å². The van der Waals surface area contributed by atoms with Crippen molar-refractivity contribution in [2.24, 2.45) is 5.84 Å². The third-order valence-electron chi connectivity index (χ3n) is 3.03. The van der Waals surface area contributed by atoms with Crippen LogP contribution in [0, 0.1) is 6.92 Å². The lowest BCUT2D eigenvalue weighted by Gasteiger charge is -2.08. The van der Waals surface area contributed by atoms with E-state index in [9.17, 15) is 4.79 Å². The number of anilines is 1. The van der Waals surface area contributed by atoms with E-state index in [1.165, 1.54) is 0 Å². The van der Waals surface area contributed by atoms with E-state index < -0.39 is 0 Å². The molecule has 0 bridgehead atoms. The molecule has 20 heavy (non-hydrogen) atoms. The minimum Gasteiger partial charge on any atom is -0.398 e. The zero-order valence-electron chi connectivity index (χ0n) is 11.2. The summed E-state index contributed by atoms with van der Waals surface area (Å²) in [5.41, 5.74) is 11.8. The number of nitrogens with two attached hydrogens (primary N) is 2.